The van der Waals surface area contributed by atoms with E-state index in [1.807, 2.05) is 12.2 Å². The first-order chi connectivity index (χ1) is 9.81. The van der Waals surface area contributed by atoms with E-state index in [4.69, 9.17) is 0 Å². The van der Waals surface area contributed by atoms with E-state index < -0.39 is 0 Å². The summed E-state index contributed by atoms with van der Waals surface area (Å²) >= 11 is 0. The minimum Gasteiger partial charge on any atom is -0.389 e. The molecule has 0 aromatic rings. The molecule has 0 fully saturated rings. The van der Waals surface area contributed by atoms with Crippen LogP contribution in [0, 0.1) is 6.42 Å². The van der Waals surface area contributed by atoms with Gasteiger partial charge in [0.25, 0.3) is 0 Å². The summed E-state index contributed by atoms with van der Waals surface area (Å²) in [4.78, 5) is 0. The number of unbranched alkanes of at least 4 members (excludes halogenated alkanes) is 11. The van der Waals surface area contributed by atoms with Crippen LogP contribution >= 0.6 is 0 Å². The SMILES string of the molecule is CC[CH]C=CC(O)CCCCCCCCCCCCC. The summed E-state index contributed by atoms with van der Waals surface area (Å²) in [6, 6.07) is 0. The number of rotatable bonds is 15. The third-order valence-corrected chi connectivity index (χ3v) is 3.81. The summed E-state index contributed by atoms with van der Waals surface area (Å²) in [7, 11) is 0. The summed E-state index contributed by atoms with van der Waals surface area (Å²) in [5, 5.41) is 9.71. The standard InChI is InChI=1S/C19H37O/c1-3-5-7-8-9-10-11-12-13-14-16-18-19(20)17-15-6-4-2/h6,15,17,19-20H,3-5,7-14,16,18H2,1-2H3. The van der Waals surface area contributed by atoms with Crippen molar-refractivity contribution in [2.24, 2.45) is 0 Å². The maximum atomic E-state index is 9.71. The molecular weight excluding hydrogens is 244 g/mol. The van der Waals surface area contributed by atoms with Gasteiger partial charge in [0.2, 0.25) is 0 Å². The third-order valence-electron chi connectivity index (χ3n) is 3.81. The van der Waals surface area contributed by atoms with E-state index >= 15 is 0 Å². The van der Waals surface area contributed by atoms with Gasteiger partial charge in [-0.05, 0) is 19.3 Å². The Morgan fingerprint density at radius 2 is 1.25 bits per heavy atom. The van der Waals surface area contributed by atoms with Gasteiger partial charge in [0.15, 0.2) is 0 Å². The molecule has 1 unspecified atom stereocenters. The first-order valence-corrected chi connectivity index (χ1v) is 8.99. The van der Waals surface area contributed by atoms with Crippen LogP contribution in [0.3, 0.4) is 0 Å². The Morgan fingerprint density at radius 1 is 0.750 bits per heavy atom. The zero-order valence-electron chi connectivity index (χ0n) is 13.9. The smallest absolute Gasteiger partial charge is 0.0721 e. The van der Waals surface area contributed by atoms with Crippen molar-refractivity contribution < 1.29 is 5.11 Å². The Bertz CT molecular complexity index is 198. The van der Waals surface area contributed by atoms with E-state index in [2.05, 4.69) is 20.3 Å². The third kappa shape index (κ3) is 15.8. The summed E-state index contributed by atoms with van der Waals surface area (Å²) in [6.07, 6.45) is 22.7. The van der Waals surface area contributed by atoms with E-state index in [9.17, 15) is 5.11 Å². The fourth-order valence-electron chi connectivity index (χ4n) is 2.46. The normalized spacial score (nSPS) is 13.2. The highest BCUT2D eigenvalue weighted by Crippen LogP contribution is 2.12. The highest BCUT2D eigenvalue weighted by molar-refractivity contribution is 4.97. The summed E-state index contributed by atoms with van der Waals surface area (Å²) in [5.41, 5.74) is 0. The molecule has 0 bridgehead atoms. The molecule has 1 radical (unpaired) electrons. The van der Waals surface area contributed by atoms with Crippen molar-refractivity contribution in [3.63, 3.8) is 0 Å². The molecule has 0 spiro atoms. The molecule has 0 heterocycles. The predicted octanol–water partition coefficient (Wildman–Crippen LogP) is 6.22. The molecule has 0 aliphatic heterocycles. The zero-order chi connectivity index (χ0) is 14.9. The summed E-state index contributed by atoms with van der Waals surface area (Å²) < 4.78 is 0. The van der Waals surface area contributed by atoms with Gasteiger partial charge in [0.05, 0.1) is 6.10 Å². The second-order valence-electron chi connectivity index (χ2n) is 5.92. The van der Waals surface area contributed by atoms with Crippen LogP contribution in [-0.2, 0) is 0 Å². The molecule has 1 nitrogen and oxygen atoms in total. The second kappa shape index (κ2) is 16.8. The number of hydrogen-bond donors (Lipinski definition) is 1. The van der Waals surface area contributed by atoms with Crippen LogP contribution < -0.4 is 0 Å². The van der Waals surface area contributed by atoms with Gasteiger partial charge in [-0.15, -0.1) is 0 Å². The van der Waals surface area contributed by atoms with Gasteiger partial charge in [0.1, 0.15) is 0 Å². The van der Waals surface area contributed by atoms with Crippen molar-refractivity contribution in [3.05, 3.63) is 18.6 Å². The van der Waals surface area contributed by atoms with Crippen LogP contribution in [0.2, 0.25) is 0 Å². The lowest BCUT2D eigenvalue weighted by molar-refractivity contribution is 0.208. The molecular formula is C19H37O. The van der Waals surface area contributed by atoms with Gasteiger partial charge in [-0.1, -0.05) is 96.6 Å². The summed E-state index contributed by atoms with van der Waals surface area (Å²) in [5.74, 6) is 0. The van der Waals surface area contributed by atoms with Crippen molar-refractivity contribution in [2.45, 2.75) is 103 Å². The molecule has 0 rings (SSSR count). The number of aliphatic hydroxyl groups is 1. The maximum Gasteiger partial charge on any atom is 0.0721 e. The molecule has 1 atom stereocenters. The molecule has 0 amide bonds. The number of allylic oxidation sites excluding steroid dienone is 1. The van der Waals surface area contributed by atoms with Gasteiger partial charge in [-0.25, -0.2) is 0 Å². The van der Waals surface area contributed by atoms with Crippen molar-refractivity contribution in [2.75, 3.05) is 0 Å². The Kier molecular flexibility index (Phi) is 16.5. The average molecular weight is 282 g/mol. The van der Waals surface area contributed by atoms with Gasteiger partial charge in [-0.3, -0.25) is 0 Å². The monoisotopic (exact) mass is 281 g/mol. The maximum absolute atomic E-state index is 9.71. The first kappa shape index (κ1) is 19.7. The minimum atomic E-state index is -0.239. The predicted molar refractivity (Wildman–Crippen MR) is 90.8 cm³/mol. The van der Waals surface area contributed by atoms with Crippen LogP contribution in [0.15, 0.2) is 12.2 Å². The molecule has 0 aromatic carbocycles. The highest BCUT2D eigenvalue weighted by atomic mass is 16.3. The van der Waals surface area contributed by atoms with Gasteiger partial charge < -0.3 is 5.11 Å². The molecule has 1 heteroatoms. The van der Waals surface area contributed by atoms with E-state index in [0.717, 1.165) is 19.3 Å². The molecule has 0 saturated heterocycles. The lowest BCUT2D eigenvalue weighted by Crippen LogP contribution is -2.01. The van der Waals surface area contributed by atoms with E-state index in [-0.39, 0.29) is 6.10 Å². The van der Waals surface area contributed by atoms with Crippen LogP contribution in [0.4, 0.5) is 0 Å². The second-order valence-corrected chi connectivity index (χ2v) is 5.92. The van der Waals surface area contributed by atoms with Crippen molar-refractivity contribution in [1.82, 2.24) is 0 Å². The molecule has 0 saturated carbocycles. The molecule has 20 heavy (non-hydrogen) atoms. The van der Waals surface area contributed by atoms with E-state index in [1.54, 1.807) is 0 Å². The number of aliphatic hydroxyl groups excluding tert-OH is 1. The first-order valence-electron chi connectivity index (χ1n) is 8.99. The van der Waals surface area contributed by atoms with Gasteiger partial charge >= 0.3 is 0 Å². The topological polar surface area (TPSA) is 20.2 Å². The van der Waals surface area contributed by atoms with Crippen LogP contribution in [0.25, 0.3) is 0 Å². The van der Waals surface area contributed by atoms with Crippen molar-refractivity contribution in [1.29, 1.82) is 0 Å². The summed E-state index contributed by atoms with van der Waals surface area (Å²) in [6.45, 7) is 4.38. The zero-order valence-corrected chi connectivity index (χ0v) is 13.9. The van der Waals surface area contributed by atoms with E-state index in [0.29, 0.717) is 0 Å². The Hall–Kier alpha value is -0.300. The molecule has 0 aliphatic carbocycles. The number of hydrogen-bond acceptors (Lipinski definition) is 1. The van der Waals surface area contributed by atoms with E-state index in [1.165, 1.54) is 64.2 Å². The van der Waals surface area contributed by atoms with Crippen LogP contribution in [0.5, 0.6) is 0 Å². The molecule has 0 aromatic heterocycles. The Morgan fingerprint density at radius 3 is 1.75 bits per heavy atom. The molecule has 1 N–H and O–H groups in total. The lowest BCUT2D eigenvalue weighted by atomic mass is 10.0. The fourth-order valence-corrected chi connectivity index (χ4v) is 2.46. The van der Waals surface area contributed by atoms with Crippen LogP contribution in [-0.4, -0.2) is 11.2 Å². The lowest BCUT2D eigenvalue weighted by Gasteiger charge is -2.05. The minimum absolute atomic E-state index is 0.239. The van der Waals surface area contributed by atoms with Gasteiger partial charge in [-0.2, -0.15) is 0 Å². The molecule has 119 valence electrons. The fraction of sp³-hybridized carbons (Fsp3) is 0.842. The van der Waals surface area contributed by atoms with Crippen molar-refractivity contribution in [3.8, 4) is 0 Å². The highest BCUT2D eigenvalue weighted by Gasteiger charge is 1.98. The van der Waals surface area contributed by atoms with Crippen molar-refractivity contribution >= 4 is 0 Å². The largest absolute Gasteiger partial charge is 0.389 e. The molecule has 0 aliphatic rings. The van der Waals surface area contributed by atoms with Crippen LogP contribution in [0.1, 0.15) is 97.3 Å². The average Bonchev–Trinajstić information content (AvgIpc) is 2.45. The Labute approximate surface area is 127 Å². The van der Waals surface area contributed by atoms with Gasteiger partial charge in [0, 0.05) is 0 Å². The quantitative estimate of drug-likeness (QED) is 0.353. The Balaban J connectivity index is 3.12.